The Hall–Kier alpha value is -2.18. The van der Waals surface area contributed by atoms with E-state index in [1.165, 1.54) is 12.3 Å². The number of anilines is 1. The molecule has 72 valence electrons. The van der Waals surface area contributed by atoms with Crippen molar-refractivity contribution in [1.82, 2.24) is 4.98 Å². The van der Waals surface area contributed by atoms with Crippen molar-refractivity contribution in [3.05, 3.63) is 28.4 Å². The number of nitrogens with one attached hydrogen (secondary N) is 1. The van der Waals surface area contributed by atoms with Gasteiger partial charge in [0, 0.05) is 6.20 Å². The maximum atomic E-state index is 11.1. The Labute approximate surface area is 77.9 Å². The highest BCUT2D eigenvalue weighted by Crippen LogP contribution is 2.26. The van der Waals surface area contributed by atoms with Crippen LogP contribution in [-0.2, 0) is 4.79 Å². The summed E-state index contributed by atoms with van der Waals surface area (Å²) in [4.78, 5) is 24.4. The van der Waals surface area contributed by atoms with Crippen LogP contribution in [0.2, 0.25) is 0 Å². The number of hydrogen-bond donors (Lipinski definition) is 1. The fourth-order valence-electron chi connectivity index (χ4n) is 1.07. The van der Waals surface area contributed by atoms with Gasteiger partial charge in [0.2, 0.25) is 0 Å². The molecule has 1 aliphatic rings. The lowest BCUT2D eigenvalue weighted by molar-refractivity contribution is -0.545. The zero-order chi connectivity index (χ0) is 10.1. The first kappa shape index (κ1) is 8.42. The van der Waals surface area contributed by atoms with Gasteiger partial charge < -0.3 is 4.74 Å². The summed E-state index contributed by atoms with van der Waals surface area (Å²) in [6.07, 6.45) is -0.235. The first-order valence-electron chi connectivity index (χ1n) is 3.74. The highest BCUT2D eigenvalue weighted by Gasteiger charge is 2.37. The van der Waals surface area contributed by atoms with Crippen molar-refractivity contribution in [3.63, 3.8) is 0 Å². The first-order valence-corrected chi connectivity index (χ1v) is 3.74. The highest BCUT2D eigenvalue weighted by molar-refractivity contribution is 5.95. The summed E-state index contributed by atoms with van der Waals surface area (Å²) in [6.45, 7) is 0. The number of fused-ring (bicyclic) bond motifs is 1. The van der Waals surface area contributed by atoms with Gasteiger partial charge in [0.25, 0.3) is 0 Å². The van der Waals surface area contributed by atoms with Crippen LogP contribution in [0.25, 0.3) is 0 Å². The van der Waals surface area contributed by atoms with E-state index in [1.807, 2.05) is 0 Å². The normalized spacial score (nSPS) is 19.1. The lowest BCUT2D eigenvalue weighted by Gasteiger charge is -2.18. The van der Waals surface area contributed by atoms with E-state index < -0.39 is 17.1 Å². The summed E-state index contributed by atoms with van der Waals surface area (Å²) in [5.74, 6) is -0.411. The Morgan fingerprint density at radius 1 is 1.64 bits per heavy atom. The average molecular weight is 195 g/mol. The van der Waals surface area contributed by atoms with Gasteiger partial charge >= 0.3 is 12.1 Å². The molecular formula is C7H5N3O4. The van der Waals surface area contributed by atoms with E-state index in [0.717, 1.165) is 0 Å². The third-order valence-corrected chi connectivity index (χ3v) is 1.67. The third kappa shape index (κ3) is 1.24. The van der Waals surface area contributed by atoms with Crippen molar-refractivity contribution in [3.8, 4) is 5.75 Å². The third-order valence-electron chi connectivity index (χ3n) is 1.67. The predicted molar refractivity (Wildman–Crippen MR) is 44.3 cm³/mol. The van der Waals surface area contributed by atoms with Crippen molar-refractivity contribution < 1.29 is 14.5 Å². The largest absolute Gasteiger partial charge is 0.434 e. The number of carbonyl (C=O) groups is 1. The van der Waals surface area contributed by atoms with Crippen LogP contribution in [0, 0.1) is 10.1 Å². The summed E-state index contributed by atoms with van der Waals surface area (Å²) in [6, 6.07) is 3.06. The van der Waals surface area contributed by atoms with Crippen LogP contribution in [0.4, 0.5) is 5.82 Å². The molecule has 0 spiro atoms. The van der Waals surface area contributed by atoms with Gasteiger partial charge in [-0.1, -0.05) is 0 Å². The molecule has 0 aliphatic carbocycles. The Morgan fingerprint density at radius 3 is 3.14 bits per heavy atom. The quantitative estimate of drug-likeness (QED) is 0.503. The zero-order valence-electron chi connectivity index (χ0n) is 6.84. The van der Waals surface area contributed by atoms with Gasteiger partial charge in [-0.2, -0.15) is 0 Å². The topological polar surface area (TPSA) is 94.4 Å². The number of hydrogen-bond acceptors (Lipinski definition) is 5. The molecule has 1 aliphatic heterocycles. The number of nitrogens with zero attached hydrogens (tertiary/aromatic N) is 2. The number of ether oxygens (including phenoxy) is 1. The van der Waals surface area contributed by atoms with Gasteiger partial charge in [0.1, 0.15) is 0 Å². The monoisotopic (exact) mass is 195 g/mol. The van der Waals surface area contributed by atoms with E-state index in [2.05, 4.69) is 10.3 Å². The molecule has 0 bridgehead atoms. The minimum absolute atomic E-state index is 0.203. The maximum Gasteiger partial charge on any atom is 0.434 e. The standard InChI is InChI=1S/C7H5N3O4/c11-6-7(10(12)13)14-4-2-1-3-8-5(4)9-6/h1-3,7H,(H,8,9,11). The minimum atomic E-state index is -1.69. The Morgan fingerprint density at radius 2 is 2.43 bits per heavy atom. The fourth-order valence-corrected chi connectivity index (χ4v) is 1.07. The molecule has 0 saturated carbocycles. The number of amides is 1. The molecule has 0 aromatic carbocycles. The molecule has 1 aromatic rings. The smallest absolute Gasteiger partial charge is 0.419 e. The van der Waals surface area contributed by atoms with Crippen LogP contribution in [0.5, 0.6) is 5.75 Å². The van der Waals surface area contributed by atoms with Crippen molar-refractivity contribution in [1.29, 1.82) is 0 Å². The van der Waals surface area contributed by atoms with Crippen LogP contribution < -0.4 is 10.1 Å². The van der Waals surface area contributed by atoms with Crippen molar-refractivity contribution >= 4 is 11.7 Å². The molecule has 0 radical (unpaired) electrons. The van der Waals surface area contributed by atoms with Crippen LogP contribution in [-0.4, -0.2) is 22.0 Å². The maximum absolute atomic E-state index is 11.1. The molecule has 2 rings (SSSR count). The van der Waals surface area contributed by atoms with Crippen molar-refractivity contribution in [2.75, 3.05) is 5.32 Å². The molecule has 7 nitrogen and oxygen atoms in total. The minimum Gasteiger partial charge on any atom is -0.419 e. The van der Waals surface area contributed by atoms with Gasteiger partial charge in [-0.25, -0.2) is 4.98 Å². The molecule has 2 heterocycles. The molecule has 1 aromatic heterocycles. The molecule has 7 heteroatoms. The summed E-state index contributed by atoms with van der Waals surface area (Å²) in [5, 5.41) is 12.6. The molecular weight excluding hydrogens is 190 g/mol. The second kappa shape index (κ2) is 2.95. The fraction of sp³-hybridized carbons (Fsp3) is 0.143. The summed E-state index contributed by atoms with van der Waals surface area (Å²) in [5.41, 5.74) is 0. The average Bonchev–Trinajstić information content (AvgIpc) is 2.16. The summed E-state index contributed by atoms with van der Waals surface area (Å²) < 4.78 is 4.83. The lowest BCUT2D eigenvalue weighted by Crippen LogP contribution is -2.42. The van der Waals surface area contributed by atoms with Gasteiger partial charge in [0.15, 0.2) is 11.6 Å². The Balaban J connectivity index is 2.36. The SMILES string of the molecule is O=C1Nc2ncccc2OC1[N+](=O)[O-]. The second-order valence-corrected chi connectivity index (χ2v) is 2.59. The van der Waals surface area contributed by atoms with Crippen molar-refractivity contribution in [2.45, 2.75) is 6.23 Å². The number of nitro groups is 1. The highest BCUT2D eigenvalue weighted by atomic mass is 16.7. The number of carbonyl (C=O) groups excluding carboxylic acids is 1. The van der Waals surface area contributed by atoms with Gasteiger partial charge in [0.05, 0.1) is 4.92 Å². The van der Waals surface area contributed by atoms with Crippen LogP contribution in [0.15, 0.2) is 18.3 Å². The number of rotatable bonds is 1. The van der Waals surface area contributed by atoms with E-state index >= 15 is 0 Å². The molecule has 1 N–H and O–H groups in total. The number of pyridine rings is 1. The summed E-state index contributed by atoms with van der Waals surface area (Å²) >= 11 is 0. The van der Waals surface area contributed by atoms with E-state index in [9.17, 15) is 14.9 Å². The van der Waals surface area contributed by atoms with Gasteiger partial charge in [-0.05, 0) is 12.1 Å². The van der Waals surface area contributed by atoms with Crippen molar-refractivity contribution in [2.24, 2.45) is 0 Å². The van der Waals surface area contributed by atoms with Crippen LogP contribution in [0.3, 0.4) is 0 Å². The van der Waals surface area contributed by atoms with E-state index in [0.29, 0.717) is 0 Å². The molecule has 1 unspecified atom stereocenters. The lowest BCUT2D eigenvalue weighted by atomic mass is 10.3. The molecule has 1 amide bonds. The molecule has 0 fully saturated rings. The predicted octanol–water partition coefficient (Wildman–Crippen LogP) is 0.0153. The Kier molecular flexibility index (Phi) is 1.77. The van der Waals surface area contributed by atoms with E-state index in [-0.39, 0.29) is 11.6 Å². The first-order chi connectivity index (χ1) is 6.68. The van der Waals surface area contributed by atoms with Gasteiger partial charge in [-0.15, -0.1) is 0 Å². The van der Waals surface area contributed by atoms with Crippen LogP contribution in [0.1, 0.15) is 0 Å². The molecule has 1 atom stereocenters. The van der Waals surface area contributed by atoms with E-state index in [1.54, 1.807) is 6.07 Å². The van der Waals surface area contributed by atoms with E-state index in [4.69, 9.17) is 4.74 Å². The Bertz CT molecular complexity index is 406. The zero-order valence-corrected chi connectivity index (χ0v) is 6.84. The number of aromatic nitrogens is 1. The van der Waals surface area contributed by atoms with Crippen LogP contribution >= 0.6 is 0 Å². The second-order valence-electron chi connectivity index (χ2n) is 2.59. The molecule has 0 saturated heterocycles. The molecule has 14 heavy (non-hydrogen) atoms. The van der Waals surface area contributed by atoms with Gasteiger partial charge in [-0.3, -0.25) is 20.2 Å². The summed E-state index contributed by atoms with van der Waals surface area (Å²) in [7, 11) is 0.